The minimum atomic E-state index is -0.544. The number of benzene rings is 1. The first kappa shape index (κ1) is 15.3. The van der Waals surface area contributed by atoms with E-state index in [4.69, 9.17) is 0 Å². The molecular weight excluding hydrogens is 341 g/mol. The molecule has 6 nitrogen and oxygen atoms in total. The normalized spacial score (nSPS) is 10.5. The monoisotopic (exact) mass is 349 g/mol. The van der Waals surface area contributed by atoms with E-state index >= 15 is 0 Å². The molecule has 1 amide bonds. The SMILES string of the molecule is O=C(Nc1nc(-c2ccc(F)cc2)cs1)c1ccc([N+](=O)[O-])s1. The molecule has 0 aliphatic carbocycles. The number of nitrogens with zero attached hydrogens (tertiary/aromatic N) is 2. The molecule has 116 valence electrons. The molecule has 0 unspecified atom stereocenters. The Balaban J connectivity index is 1.74. The smallest absolute Gasteiger partial charge is 0.297 e. The molecule has 0 saturated heterocycles. The van der Waals surface area contributed by atoms with E-state index in [2.05, 4.69) is 10.3 Å². The van der Waals surface area contributed by atoms with Gasteiger partial charge in [0.05, 0.1) is 15.5 Å². The Kier molecular flexibility index (Phi) is 4.13. The van der Waals surface area contributed by atoms with Crippen molar-refractivity contribution >= 4 is 38.7 Å². The fourth-order valence-electron chi connectivity index (χ4n) is 1.79. The summed E-state index contributed by atoms with van der Waals surface area (Å²) in [5.74, 6) is -0.792. The van der Waals surface area contributed by atoms with Crippen LogP contribution in [0.3, 0.4) is 0 Å². The lowest BCUT2D eigenvalue weighted by Gasteiger charge is -1.98. The van der Waals surface area contributed by atoms with Gasteiger partial charge in [-0.2, -0.15) is 0 Å². The standard InChI is InChI=1S/C14H8FN3O3S2/c15-9-3-1-8(2-4-9)10-7-22-14(16-10)17-13(19)11-5-6-12(23-11)18(20)21/h1-7H,(H,16,17,19). The minimum Gasteiger partial charge on any atom is -0.297 e. The van der Waals surface area contributed by atoms with Crippen molar-refractivity contribution in [1.82, 2.24) is 4.98 Å². The lowest BCUT2D eigenvalue weighted by molar-refractivity contribution is -0.380. The van der Waals surface area contributed by atoms with Crippen LogP contribution in [0.5, 0.6) is 0 Å². The Labute approximate surface area is 137 Å². The van der Waals surface area contributed by atoms with Crippen molar-refractivity contribution in [3.63, 3.8) is 0 Å². The van der Waals surface area contributed by atoms with Gasteiger partial charge in [-0.25, -0.2) is 9.37 Å². The van der Waals surface area contributed by atoms with Gasteiger partial charge in [-0.05, 0) is 30.3 Å². The summed E-state index contributed by atoms with van der Waals surface area (Å²) < 4.78 is 12.9. The van der Waals surface area contributed by atoms with Gasteiger partial charge >= 0.3 is 5.00 Å². The predicted octanol–water partition coefficient (Wildman–Crippen LogP) is 4.17. The van der Waals surface area contributed by atoms with E-state index < -0.39 is 10.8 Å². The Morgan fingerprint density at radius 3 is 2.61 bits per heavy atom. The zero-order chi connectivity index (χ0) is 16.4. The van der Waals surface area contributed by atoms with Crippen LogP contribution in [-0.2, 0) is 0 Å². The molecule has 0 saturated carbocycles. The Hall–Kier alpha value is -2.65. The number of nitrogens with one attached hydrogen (secondary N) is 1. The molecule has 0 bridgehead atoms. The quantitative estimate of drug-likeness (QED) is 0.566. The number of carbonyl (C=O) groups excluding carboxylic acids is 1. The maximum absolute atomic E-state index is 12.9. The van der Waals surface area contributed by atoms with E-state index in [1.807, 2.05) is 0 Å². The molecule has 1 aromatic carbocycles. The Morgan fingerprint density at radius 2 is 1.96 bits per heavy atom. The van der Waals surface area contributed by atoms with Gasteiger partial charge in [0.25, 0.3) is 5.91 Å². The highest BCUT2D eigenvalue weighted by Crippen LogP contribution is 2.27. The number of thiophene rings is 1. The van der Waals surface area contributed by atoms with Gasteiger partial charge < -0.3 is 0 Å². The molecule has 3 aromatic rings. The predicted molar refractivity (Wildman–Crippen MR) is 86.4 cm³/mol. The number of halogens is 1. The Morgan fingerprint density at radius 1 is 1.22 bits per heavy atom. The third-order valence-electron chi connectivity index (χ3n) is 2.86. The maximum atomic E-state index is 12.9. The fourth-order valence-corrected chi connectivity index (χ4v) is 3.22. The average Bonchev–Trinajstić information content (AvgIpc) is 3.17. The van der Waals surface area contributed by atoms with Crippen LogP contribution >= 0.6 is 22.7 Å². The first-order chi connectivity index (χ1) is 11.0. The second-order valence-electron chi connectivity index (χ2n) is 4.39. The summed E-state index contributed by atoms with van der Waals surface area (Å²) in [5, 5.41) is 15.2. The zero-order valence-electron chi connectivity index (χ0n) is 11.4. The van der Waals surface area contributed by atoms with Crippen LogP contribution in [0.25, 0.3) is 11.3 Å². The molecular formula is C14H8FN3O3S2. The van der Waals surface area contributed by atoms with Crippen molar-refractivity contribution in [3.05, 3.63) is 62.6 Å². The highest BCUT2D eigenvalue weighted by molar-refractivity contribution is 7.17. The molecule has 0 aliphatic heterocycles. The number of rotatable bonds is 4. The van der Waals surface area contributed by atoms with Crippen molar-refractivity contribution in [2.24, 2.45) is 0 Å². The largest absolute Gasteiger partial charge is 0.324 e. The number of hydrogen-bond donors (Lipinski definition) is 1. The molecule has 1 N–H and O–H groups in total. The van der Waals surface area contributed by atoms with Gasteiger partial charge in [-0.1, -0.05) is 11.3 Å². The van der Waals surface area contributed by atoms with Crippen LogP contribution in [0.15, 0.2) is 41.8 Å². The number of thiazole rings is 1. The first-order valence-electron chi connectivity index (χ1n) is 6.30. The van der Waals surface area contributed by atoms with E-state index in [1.165, 1.54) is 35.6 Å². The molecule has 3 rings (SSSR count). The molecule has 0 atom stereocenters. The third kappa shape index (κ3) is 3.41. The van der Waals surface area contributed by atoms with Crippen LogP contribution in [0.1, 0.15) is 9.67 Å². The molecule has 0 spiro atoms. The molecule has 9 heteroatoms. The Bertz CT molecular complexity index is 874. The highest BCUT2D eigenvalue weighted by atomic mass is 32.1. The van der Waals surface area contributed by atoms with Crippen molar-refractivity contribution in [3.8, 4) is 11.3 Å². The second-order valence-corrected chi connectivity index (χ2v) is 6.31. The number of carbonyl (C=O) groups is 1. The molecule has 2 heterocycles. The van der Waals surface area contributed by atoms with Gasteiger partial charge in [-0.3, -0.25) is 20.2 Å². The van der Waals surface area contributed by atoms with Gasteiger partial charge in [0, 0.05) is 17.0 Å². The van der Waals surface area contributed by atoms with E-state index in [9.17, 15) is 19.3 Å². The van der Waals surface area contributed by atoms with Gasteiger partial charge in [0.2, 0.25) is 0 Å². The molecule has 0 aliphatic rings. The lowest BCUT2D eigenvalue weighted by atomic mass is 10.2. The third-order valence-corrected chi connectivity index (χ3v) is 4.65. The summed E-state index contributed by atoms with van der Waals surface area (Å²) in [6.07, 6.45) is 0. The molecule has 0 radical (unpaired) electrons. The van der Waals surface area contributed by atoms with E-state index in [-0.39, 0.29) is 15.7 Å². The number of aromatic nitrogens is 1. The van der Waals surface area contributed by atoms with Crippen LogP contribution in [0, 0.1) is 15.9 Å². The van der Waals surface area contributed by atoms with Crippen LogP contribution in [-0.4, -0.2) is 15.8 Å². The van der Waals surface area contributed by atoms with Crippen LogP contribution in [0.2, 0.25) is 0 Å². The van der Waals surface area contributed by atoms with E-state index in [0.29, 0.717) is 10.8 Å². The number of anilines is 1. The lowest BCUT2D eigenvalue weighted by Crippen LogP contribution is -2.09. The summed E-state index contributed by atoms with van der Waals surface area (Å²) in [6.45, 7) is 0. The summed E-state index contributed by atoms with van der Waals surface area (Å²) >= 11 is 2.02. The first-order valence-corrected chi connectivity index (χ1v) is 7.99. The summed E-state index contributed by atoms with van der Waals surface area (Å²) in [5.41, 5.74) is 1.34. The fraction of sp³-hybridized carbons (Fsp3) is 0. The minimum absolute atomic E-state index is 0.0960. The van der Waals surface area contributed by atoms with Crippen molar-refractivity contribution in [1.29, 1.82) is 0 Å². The van der Waals surface area contributed by atoms with Gasteiger partial charge in [0.1, 0.15) is 5.82 Å². The van der Waals surface area contributed by atoms with Crippen molar-refractivity contribution in [2.75, 3.05) is 5.32 Å². The topological polar surface area (TPSA) is 85.1 Å². The van der Waals surface area contributed by atoms with Crippen molar-refractivity contribution < 1.29 is 14.1 Å². The summed E-state index contributed by atoms with van der Waals surface area (Å²) in [4.78, 5) is 26.6. The summed E-state index contributed by atoms with van der Waals surface area (Å²) in [7, 11) is 0. The molecule has 0 fully saturated rings. The number of nitro groups is 1. The van der Waals surface area contributed by atoms with E-state index in [0.717, 1.165) is 16.9 Å². The van der Waals surface area contributed by atoms with Gasteiger partial charge in [0.15, 0.2) is 5.13 Å². The highest BCUT2D eigenvalue weighted by Gasteiger charge is 2.16. The second kappa shape index (κ2) is 6.23. The van der Waals surface area contributed by atoms with Crippen molar-refractivity contribution in [2.45, 2.75) is 0 Å². The van der Waals surface area contributed by atoms with Crippen LogP contribution in [0.4, 0.5) is 14.5 Å². The molecule has 2 aromatic heterocycles. The number of hydrogen-bond acceptors (Lipinski definition) is 6. The van der Waals surface area contributed by atoms with E-state index in [1.54, 1.807) is 17.5 Å². The molecule has 23 heavy (non-hydrogen) atoms. The summed E-state index contributed by atoms with van der Waals surface area (Å²) in [6, 6.07) is 8.53. The maximum Gasteiger partial charge on any atom is 0.324 e. The average molecular weight is 349 g/mol. The van der Waals surface area contributed by atoms with Gasteiger partial charge in [-0.15, -0.1) is 11.3 Å². The number of amides is 1. The van der Waals surface area contributed by atoms with Crippen LogP contribution < -0.4 is 5.32 Å². The zero-order valence-corrected chi connectivity index (χ0v) is 13.0.